The summed E-state index contributed by atoms with van der Waals surface area (Å²) < 4.78 is 4.58. The summed E-state index contributed by atoms with van der Waals surface area (Å²) in [7, 11) is 1.29. The molecule has 0 aliphatic carbocycles. The number of halogens is 1. The predicted molar refractivity (Wildman–Crippen MR) is 82.9 cm³/mol. The lowest BCUT2D eigenvalue weighted by Crippen LogP contribution is -2.27. The fourth-order valence-electron chi connectivity index (χ4n) is 1.87. The molecule has 1 aromatic carbocycles. The summed E-state index contributed by atoms with van der Waals surface area (Å²) in [6, 6.07) is 10.0. The van der Waals surface area contributed by atoms with Gasteiger partial charge in [0.25, 0.3) is 5.91 Å². The third-order valence-electron chi connectivity index (χ3n) is 3.13. The smallest absolute Gasteiger partial charge is 0.339 e. The van der Waals surface area contributed by atoms with Gasteiger partial charge in [-0.05, 0) is 36.8 Å². The lowest BCUT2D eigenvalue weighted by Gasteiger charge is -2.14. The Morgan fingerprint density at radius 1 is 1.18 bits per heavy atom. The van der Waals surface area contributed by atoms with Crippen LogP contribution in [0.15, 0.2) is 42.6 Å². The molecule has 0 aliphatic heterocycles. The van der Waals surface area contributed by atoms with E-state index in [1.807, 2.05) is 19.1 Å². The molecule has 22 heavy (non-hydrogen) atoms. The maximum absolute atomic E-state index is 12.1. The van der Waals surface area contributed by atoms with E-state index in [9.17, 15) is 9.59 Å². The molecule has 1 amide bonds. The van der Waals surface area contributed by atoms with Crippen LogP contribution in [0.1, 0.15) is 39.4 Å². The second-order valence-electron chi connectivity index (χ2n) is 4.67. The van der Waals surface area contributed by atoms with Crippen LogP contribution < -0.4 is 5.32 Å². The van der Waals surface area contributed by atoms with E-state index in [1.165, 1.54) is 25.4 Å². The van der Waals surface area contributed by atoms with Gasteiger partial charge in [0.2, 0.25) is 0 Å². The number of carbonyl (C=O) groups excluding carboxylic acids is 2. The number of amides is 1. The Balaban J connectivity index is 2.05. The Morgan fingerprint density at radius 2 is 1.86 bits per heavy atom. The third kappa shape index (κ3) is 3.83. The molecule has 1 heterocycles. The molecule has 2 aromatic rings. The maximum Gasteiger partial charge on any atom is 0.339 e. The van der Waals surface area contributed by atoms with Gasteiger partial charge in [-0.2, -0.15) is 0 Å². The van der Waals surface area contributed by atoms with Gasteiger partial charge >= 0.3 is 5.97 Å². The van der Waals surface area contributed by atoms with Crippen molar-refractivity contribution in [1.82, 2.24) is 10.3 Å². The second-order valence-corrected chi connectivity index (χ2v) is 5.11. The molecule has 0 radical (unpaired) electrons. The minimum atomic E-state index is -0.492. The minimum absolute atomic E-state index is 0.188. The van der Waals surface area contributed by atoms with Crippen LogP contribution in [-0.2, 0) is 4.74 Å². The van der Waals surface area contributed by atoms with Crippen molar-refractivity contribution in [3.05, 3.63) is 64.4 Å². The van der Waals surface area contributed by atoms with Crippen LogP contribution in [0.4, 0.5) is 0 Å². The highest BCUT2D eigenvalue weighted by molar-refractivity contribution is 6.30. The molecular formula is C16H15ClN2O3. The molecule has 114 valence electrons. The van der Waals surface area contributed by atoms with Gasteiger partial charge in [0.05, 0.1) is 18.7 Å². The zero-order valence-corrected chi connectivity index (χ0v) is 12.9. The van der Waals surface area contributed by atoms with Crippen LogP contribution in [0.2, 0.25) is 5.02 Å². The number of hydrogen-bond acceptors (Lipinski definition) is 4. The minimum Gasteiger partial charge on any atom is -0.465 e. The number of ether oxygens (including phenoxy) is 1. The highest BCUT2D eigenvalue weighted by Crippen LogP contribution is 2.16. The molecule has 0 aliphatic rings. The van der Waals surface area contributed by atoms with E-state index >= 15 is 0 Å². The predicted octanol–water partition coefficient (Wildman–Crippen LogP) is 3.01. The first-order valence-corrected chi connectivity index (χ1v) is 6.99. The average molecular weight is 319 g/mol. The van der Waals surface area contributed by atoms with Gasteiger partial charge in [0, 0.05) is 11.2 Å². The Morgan fingerprint density at radius 3 is 2.41 bits per heavy atom. The van der Waals surface area contributed by atoms with E-state index in [2.05, 4.69) is 15.0 Å². The molecular weight excluding hydrogens is 304 g/mol. The van der Waals surface area contributed by atoms with Crippen molar-refractivity contribution >= 4 is 23.5 Å². The largest absolute Gasteiger partial charge is 0.465 e. The van der Waals surface area contributed by atoms with Gasteiger partial charge in [-0.15, -0.1) is 0 Å². The Kier molecular flexibility index (Phi) is 5.12. The first-order chi connectivity index (χ1) is 10.5. The first-order valence-electron chi connectivity index (χ1n) is 6.62. The van der Waals surface area contributed by atoms with Crippen LogP contribution in [0.3, 0.4) is 0 Å². The van der Waals surface area contributed by atoms with Crippen LogP contribution >= 0.6 is 11.6 Å². The van der Waals surface area contributed by atoms with Crippen LogP contribution in [0.25, 0.3) is 0 Å². The zero-order chi connectivity index (χ0) is 16.1. The first kappa shape index (κ1) is 16.0. The Bertz CT molecular complexity index is 669. The van der Waals surface area contributed by atoms with Gasteiger partial charge in [-0.3, -0.25) is 9.78 Å². The number of aromatic nitrogens is 1. The lowest BCUT2D eigenvalue weighted by molar-refractivity contribution is 0.0599. The van der Waals surface area contributed by atoms with Gasteiger partial charge < -0.3 is 10.1 Å². The second kappa shape index (κ2) is 7.04. The summed E-state index contributed by atoms with van der Waals surface area (Å²) in [6.07, 6.45) is 1.31. The van der Waals surface area contributed by atoms with Crippen LogP contribution in [-0.4, -0.2) is 24.0 Å². The fourth-order valence-corrected chi connectivity index (χ4v) is 2.00. The van der Waals surface area contributed by atoms with Crippen molar-refractivity contribution in [2.24, 2.45) is 0 Å². The topological polar surface area (TPSA) is 68.3 Å². The zero-order valence-electron chi connectivity index (χ0n) is 12.2. The highest BCUT2D eigenvalue weighted by atomic mass is 35.5. The van der Waals surface area contributed by atoms with E-state index in [-0.39, 0.29) is 17.6 Å². The number of esters is 1. The van der Waals surface area contributed by atoms with Crippen LogP contribution in [0.5, 0.6) is 0 Å². The van der Waals surface area contributed by atoms with E-state index in [4.69, 9.17) is 11.6 Å². The van der Waals surface area contributed by atoms with Gasteiger partial charge in [0.1, 0.15) is 5.69 Å². The number of benzene rings is 1. The summed E-state index contributed by atoms with van der Waals surface area (Å²) in [5.41, 5.74) is 1.46. The lowest BCUT2D eigenvalue weighted by atomic mass is 10.1. The van der Waals surface area contributed by atoms with E-state index in [0.717, 1.165) is 5.56 Å². The van der Waals surface area contributed by atoms with Gasteiger partial charge in [-0.25, -0.2) is 4.79 Å². The quantitative estimate of drug-likeness (QED) is 0.880. The number of hydrogen-bond donors (Lipinski definition) is 1. The molecule has 0 bridgehead atoms. The Hall–Kier alpha value is -2.40. The molecule has 5 nitrogen and oxygen atoms in total. The summed E-state index contributed by atoms with van der Waals surface area (Å²) in [5.74, 6) is -0.812. The van der Waals surface area contributed by atoms with Crippen molar-refractivity contribution in [1.29, 1.82) is 0 Å². The number of methoxy groups -OCH3 is 1. The number of carbonyl (C=O) groups is 2. The van der Waals surface area contributed by atoms with Crippen molar-refractivity contribution < 1.29 is 14.3 Å². The Labute approximate surface area is 133 Å². The van der Waals surface area contributed by atoms with Crippen molar-refractivity contribution in [3.63, 3.8) is 0 Å². The SMILES string of the molecule is COC(=O)c1ccc(C(=O)NC(C)c2ccc(Cl)cc2)nc1. The monoisotopic (exact) mass is 318 g/mol. The fraction of sp³-hybridized carbons (Fsp3) is 0.188. The van der Waals surface area contributed by atoms with E-state index in [1.54, 1.807) is 12.1 Å². The molecule has 1 atom stereocenters. The van der Waals surface area contributed by atoms with E-state index in [0.29, 0.717) is 10.6 Å². The molecule has 1 N–H and O–H groups in total. The molecule has 0 saturated carbocycles. The third-order valence-corrected chi connectivity index (χ3v) is 3.39. The van der Waals surface area contributed by atoms with E-state index < -0.39 is 5.97 Å². The summed E-state index contributed by atoms with van der Waals surface area (Å²) in [6.45, 7) is 1.87. The van der Waals surface area contributed by atoms with Crippen molar-refractivity contribution in [2.45, 2.75) is 13.0 Å². The highest BCUT2D eigenvalue weighted by Gasteiger charge is 2.13. The number of rotatable bonds is 4. The molecule has 2 rings (SSSR count). The molecule has 0 saturated heterocycles. The number of nitrogens with one attached hydrogen (secondary N) is 1. The van der Waals surface area contributed by atoms with Gasteiger partial charge in [-0.1, -0.05) is 23.7 Å². The van der Waals surface area contributed by atoms with Crippen molar-refractivity contribution in [3.8, 4) is 0 Å². The molecule has 1 unspecified atom stereocenters. The molecule has 1 aromatic heterocycles. The normalized spacial score (nSPS) is 11.6. The van der Waals surface area contributed by atoms with Gasteiger partial charge in [0.15, 0.2) is 0 Å². The number of pyridine rings is 1. The molecule has 6 heteroatoms. The van der Waals surface area contributed by atoms with Crippen LogP contribution in [0, 0.1) is 0 Å². The standard InChI is InChI=1S/C16H15ClN2O3/c1-10(11-3-6-13(17)7-4-11)19-15(20)14-8-5-12(9-18-14)16(21)22-2/h3-10H,1-2H3,(H,19,20). The molecule has 0 fully saturated rings. The average Bonchev–Trinajstić information content (AvgIpc) is 2.54. The maximum atomic E-state index is 12.1. The summed E-state index contributed by atoms with van der Waals surface area (Å²) >= 11 is 5.84. The number of nitrogens with zero attached hydrogens (tertiary/aromatic N) is 1. The summed E-state index contributed by atoms with van der Waals surface area (Å²) in [4.78, 5) is 27.4. The van der Waals surface area contributed by atoms with Crippen molar-refractivity contribution in [2.75, 3.05) is 7.11 Å². The molecule has 0 spiro atoms. The summed E-state index contributed by atoms with van der Waals surface area (Å²) in [5, 5.41) is 3.47.